The van der Waals surface area contributed by atoms with Gasteiger partial charge in [0.1, 0.15) is 0 Å². The van der Waals surface area contributed by atoms with Crippen molar-refractivity contribution in [1.29, 1.82) is 0 Å². The fourth-order valence-corrected chi connectivity index (χ4v) is 3.84. The summed E-state index contributed by atoms with van der Waals surface area (Å²) in [6, 6.07) is 5.49. The maximum atomic E-state index is 4.03. The van der Waals surface area contributed by atoms with Crippen LogP contribution >= 0.6 is 0 Å². The minimum absolute atomic E-state index is 0.802. The Hall–Kier alpha value is 0.217. The molecule has 0 rings (SSSR count). The summed E-state index contributed by atoms with van der Waals surface area (Å²) < 4.78 is 0. The molecule has 0 atom stereocenters. The monoisotopic (exact) mass is 143 g/mol. The third-order valence-electron chi connectivity index (χ3n) is 2.78. The molecular formula is C8H19Si. The molecular weight excluding hydrogens is 124 g/mol. The summed E-state index contributed by atoms with van der Waals surface area (Å²) in [5, 5.41) is 0. The molecule has 0 unspecified atom stereocenters. The van der Waals surface area contributed by atoms with E-state index in [1.165, 1.54) is 24.2 Å². The Bertz CT molecular complexity index is 47.5. The van der Waals surface area contributed by atoms with Gasteiger partial charge in [0.15, 0.2) is 0 Å². The van der Waals surface area contributed by atoms with E-state index in [9.17, 15) is 0 Å². The van der Waals surface area contributed by atoms with Crippen LogP contribution in [0.4, 0.5) is 0 Å². The van der Waals surface area contributed by atoms with Crippen LogP contribution in [0.2, 0.25) is 24.2 Å². The second-order valence-electron chi connectivity index (χ2n) is 2.81. The second-order valence-corrected chi connectivity index (χ2v) is 8.43. The lowest BCUT2D eigenvalue weighted by Crippen LogP contribution is -2.29. The van der Waals surface area contributed by atoms with Crippen molar-refractivity contribution in [1.82, 2.24) is 0 Å². The van der Waals surface area contributed by atoms with Gasteiger partial charge in [-0.3, -0.25) is 0 Å². The van der Waals surface area contributed by atoms with E-state index in [1.807, 2.05) is 0 Å². The van der Waals surface area contributed by atoms with Crippen molar-refractivity contribution in [2.24, 2.45) is 0 Å². The van der Waals surface area contributed by atoms with Gasteiger partial charge in [0, 0.05) is 0 Å². The summed E-state index contributed by atoms with van der Waals surface area (Å²) in [7, 11) is -0.802. The summed E-state index contributed by atoms with van der Waals surface area (Å²) in [4.78, 5) is 0. The Morgan fingerprint density at radius 3 is 1.33 bits per heavy atom. The summed E-state index contributed by atoms with van der Waals surface area (Å²) in [5.41, 5.74) is 0. The van der Waals surface area contributed by atoms with Crippen molar-refractivity contribution >= 4 is 8.07 Å². The van der Waals surface area contributed by atoms with E-state index in [1.54, 1.807) is 0 Å². The molecule has 0 heterocycles. The van der Waals surface area contributed by atoms with Gasteiger partial charge in [0.2, 0.25) is 0 Å². The molecule has 0 aliphatic rings. The van der Waals surface area contributed by atoms with E-state index >= 15 is 0 Å². The van der Waals surface area contributed by atoms with E-state index in [2.05, 4.69) is 27.7 Å². The van der Waals surface area contributed by atoms with Crippen molar-refractivity contribution in [3.05, 3.63) is 6.92 Å². The maximum Gasteiger partial charge on any atom is 0.0527 e. The smallest absolute Gasteiger partial charge is 0.0527 e. The second kappa shape index (κ2) is 4.10. The molecule has 0 amide bonds. The molecule has 0 aromatic carbocycles. The lowest BCUT2D eigenvalue weighted by atomic mass is 10.9. The first-order valence-corrected chi connectivity index (χ1v) is 6.86. The van der Waals surface area contributed by atoms with Gasteiger partial charge in [0.25, 0.3) is 0 Å². The van der Waals surface area contributed by atoms with E-state index in [4.69, 9.17) is 0 Å². The third-order valence-corrected chi connectivity index (χ3v) is 8.34. The highest BCUT2D eigenvalue weighted by atomic mass is 28.3. The zero-order valence-electron chi connectivity index (χ0n) is 7.04. The van der Waals surface area contributed by atoms with Gasteiger partial charge in [0.05, 0.1) is 8.07 Å². The Morgan fingerprint density at radius 2 is 1.33 bits per heavy atom. The molecule has 0 fully saturated rings. The van der Waals surface area contributed by atoms with Crippen LogP contribution in [0.3, 0.4) is 0 Å². The molecule has 0 aliphatic carbocycles. The number of rotatable bonds is 4. The van der Waals surface area contributed by atoms with Gasteiger partial charge >= 0.3 is 0 Å². The molecule has 0 bridgehead atoms. The van der Waals surface area contributed by atoms with Crippen LogP contribution in [0.15, 0.2) is 0 Å². The zero-order valence-corrected chi connectivity index (χ0v) is 8.04. The fraction of sp³-hybridized carbons (Fsp3) is 0.875. The largest absolute Gasteiger partial charge is 0.0678 e. The zero-order chi connectivity index (χ0) is 7.33. The summed E-state index contributed by atoms with van der Waals surface area (Å²) in [6.07, 6.45) is 0. The van der Waals surface area contributed by atoms with Crippen LogP contribution in [0.25, 0.3) is 0 Å². The molecule has 0 aliphatic heterocycles. The van der Waals surface area contributed by atoms with Gasteiger partial charge in [-0.1, -0.05) is 51.9 Å². The van der Waals surface area contributed by atoms with E-state index in [-0.39, 0.29) is 0 Å². The SMILES string of the molecule is [CH2]C[Si](CC)(CC)CC. The third kappa shape index (κ3) is 2.13. The lowest BCUT2D eigenvalue weighted by Gasteiger charge is -2.25. The predicted octanol–water partition coefficient (Wildman–Crippen LogP) is 3.33. The Morgan fingerprint density at radius 1 is 1.00 bits per heavy atom. The molecule has 0 N–H and O–H groups in total. The molecule has 0 spiro atoms. The fourth-order valence-electron chi connectivity index (χ4n) is 1.28. The Labute approximate surface area is 60.7 Å². The predicted molar refractivity (Wildman–Crippen MR) is 47.4 cm³/mol. The van der Waals surface area contributed by atoms with Gasteiger partial charge in [-0.2, -0.15) is 0 Å². The van der Waals surface area contributed by atoms with Crippen LogP contribution in [-0.4, -0.2) is 8.07 Å². The molecule has 0 saturated heterocycles. The van der Waals surface area contributed by atoms with Crippen LogP contribution in [-0.2, 0) is 0 Å². The lowest BCUT2D eigenvalue weighted by molar-refractivity contribution is 1.14. The highest BCUT2D eigenvalue weighted by Gasteiger charge is 2.23. The van der Waals surface area contributed by atoms with Crippen LogP contribution in [0.5, 0.6) is 0 Å². The summed E-state index contributed by atoms with van der Waals surface area (Å²) in [5.74, 6) is 0. The minimum Gasteiger partial charge on any atom is -0.0678 e. The van der Waals surface area contributed by atoms with Crippen molar-refractivity contribution in [2.75, 3.05) is 0 Å². The highest BCUT2D eigenvalue weighted by molar-refractivity contribution is 6.79. The minimum atomic E-state index is -0.802. The molecule has 0 aromatic rings. The van der Waals surface area contributed by atoms with Gasteiger partial charge < -0.3 is 0 Å². The van der Waals surface area contributed by atoms with Crippen LogP contribution in [0, 0.1) is 6.92 Å². The first-order valence-electron chi connectivity index (χ1n) is 4.04. The summed E-state index contributed by atoms with van der Waals surface area (Å²) in [6.45, 7) is 11.0. The summed E-state index contributed by atoms with van der Waals surface area (Å²) >= 11 is 0. The Balaban J connectivity index is 3.82. The van der Waals surface area contributed by atoms with E-state index in [0.717, 1.165) is 0 Å². The molecule has 1 heteroatoms. The van der Waals surface area contributed by atoms with E-state index < -0.39 is 8.07 Å². The number of hydrogen-bond donors (Lipinski definition) is 0. The molecule has 1 radical (unpaired) electrons. The first-order chi connectivity index (χ1) is 4.24. The van der Waals surface area contributed by atoms with Crippen molar-refractivity contribution in [3.63, 3.8) is 0 Å². The van der Waals surface area contributed by atoms with Crippen molar-refractivity contribution in [3.8, 4) is 0 Å². The normalized spacial score (nSPS) is 12.0. The average molecular weight is 143 g/mol. The molecule has 0 aromatic heterocycles. The first kappa shape index (κ1) is 9.22. The standard InChI is InChI=1S/C8H19Si/c1-5-9(6-2,7-3)8-4/h1,5-8H2,2-4H3. The molecule has 0 nitrogen and oxygen atoms in total. The topological polar surface area (TPSA) is 0 Å². The van der Waals surface area contributed by atoms with Crippen LogP contribution in [0.1, 0.15) is 20.8 Å². The molecule has 0 saturated carbocycles. The van der Waals surface area contributed by atoms with Crippen molar-refractivity contribution in [2.45, 2.75) is 44.9 Å². The quantitative estimate of drug-likeness (QED) is 0.530. The van der Waals surface area contributed by atoms with Crippen LogP contribution < -0.4 is 0 Å². The maximum absolute atomic E-state index is 4.03. The van der Waals surface area contributed by atoms with E-state index in [0.29, 0.717) is 0 Å². The highest BCUT2D eigenvalue weighted by Crippen LogP contribution is 2.23. The Kier molecular flexibility index (Phi) is 4.20. The molecule has 55 valence electrons. The van der Waals surface area contributed by atoms with Gasteiger partial charge in [-0.15, -0.1) is 0 Å². The molecule has 9 heavy (non-hydrogen) atoms. The van der Waals surface area contributed by atoms with Gasteiger partial charge in [-0.05, 0) is 0 Å². The average Bonchev–Trinajstić information content (AvgIpc) is 1.95. The van der Waals surface area contributed by atoms with Gasteiger partial charge in [-0.25, -0.2) is 0 Å². The number of hydrogen-bond acceptors (Lipinski definition) is 0. The van der Waals surface area contributed by atoms with Crippen molar-refractivity contribution < 1.29 is 0 Å².